The lowest BCUT2D eigenvalue weighted by molar-refractivity contribution is 0.108. The van der Waals surface area contributed by atoms with Gasteiger partial charge in [0.05, 0.1) is 4.47 Å². The summed E-state index contributed by atoms with van der Waals surface area (Å²) < 4.78 is 13.1. The Kier molecular flexibility index (Phi) is 2.85. The van der Waals surface area contributed by atoms with E-state index in [4.69, 9.17) is 11.6 Å². The second-order valence-corrected chi connectivity index (χ2v) is 3.44. The highest BCUT2D eigenvalue weighted by Gasteiger charge is 2.11. The minimum absolute atomic E-state index is 0.286. The molecule has 0 aliphatic heterocycles. The molecule has 1 aromatic carbocycles. The molecule has 0 aliphatic carbocycles. The number of hydrogen-bond acceptors (Lipinski definition) is 1. The van der Waals surface area contributed by atoms with Gasteiger partial charge in [-0.15, -0.1) is 0 Å². The van der Waals surface area contributed by atoms with Crippen LogP contribution in [0.2, 0.25) is 0 Å². The van der Waals surface area contributed by atoms with Crippen LogP contribution in [-0.4, -0.2) is 5.24 Å². The smallest absolute Gasteiger partial charge is 0.252 e. The lowest BCUT2D eigenvalue weighted by Gasteiger charge is -2.03. The van der Waals surface area contributed by atoms with Gasteiger partial charge in [0, 0.05) is 5.56 Å². The van der Waals surface area contributed by atoms with E-state index in [2.05, 4.69) is 15.9 Å². The topological polar surface area (TPSA) is 17.1 Å². The van der Waals surface area contributed by atoms with Crippen LogP contribution in [0.3, 0.4) is 0 Å². The van der Waals surface area contributed by atoms with Crippen molar-refractivity contribution in [1.29, 1.82) is 0 Å². The molecule has 0 saturated heterocycles. The number of halogens is 3. The molecule has 1 rings (SSSR count). The van der Waals surface area contributed by atoms with E-state index in [9.17, 15) is 9.18 Å². The fourth-order valence-corrected chi connectivity index (χ4v) is 1.42. The Morgan fingerprint density at radius 1 is 1.58 bits per heavy atom. The normalized spacial score (nSPS) is 10.0. The molecule has 0 heterocycles. The summed E-state index contributed by atoms with van der Waals surface area (Å²) in [4.78, 5) is 10.8. The Balaban J connectivity index is 3.36. The predicted octanol–water partition coefficient (Wildman–Crippen LogP) is 3.28. The standard InChI is InChI=1S/C8H5BrClFO/c1-4-5(8(10)12)2-3-6(11)7(4)9/h2-3H,1H3. The van der Waals surface area contributed by atoms with Gasteiger partial charge in [0.2, 0.25) is 0 Å². The van der Waals surface area contributed by atoms with Crippen LogP contribution in [0.25, 0.3) is 0 Å². The molecule has 0 aromatic heterocycles. The van der Waals surface area contributed by atoms with E-state index < -0.39 is 11.1 Å². The van der Waals surface area contributed by atoms with Crippen LogP contribution in [0.15, 0.2) is 16.6 Å². The summed E-state index contributed by atoms with van der Waals surface area (Å²) in [5, 5.41) is -0.576. The number of hydrogen-bond donors (Lipinski definition) is 0. The fourth-order valence-electron chi connectivity index (χ4n) is 0.865. The quantitative estimate of drug-likeness (QED) is 0.700. The van der Waals surface area contributed by atoms with Crippen LogP contribution in [0.4, 0.5) is 4.39 Å². The van der Waals surface area contributed by atoms with Crippen LogP contribution in [0.1, 0.15) is 15.9 Å². The van der Waals surface area contributed by atoms with Crippen LogP contribution >= 0.6 is 27.5 Å². The molecule has 0 atom stereocenters. The molecule has 0 fully saturated rings. The Hall–Kier alpha value is -0.410. The van der Waals surface area contributed by atoms with Gasteiger partial charge < -0.3 is 0 Å². The van der Waals surface area contributed by atoms with Gasteiger partial charge >= 0.3 is 0 Å². The van der Waals surface area contributed by atoms with Crippen LogP contribution < -0.4 is 0 Å². The number of rotatable bonds is 1. The highest BCUT2D eigenvalue weighted by molar-refractivity contribution is 9.10. The minimum Gasteiger partial charge on any atom is -0.276 e. The zero-order valence-corrected chi connectivity index (χ0v) is 8.54. The zero-order chi connectivity index (χ0) is 9.30. The summed E-state index contributed by atoms with van der Waals surface area (Å²) >= 11 is 8.26. The summed E-state index contributed by atoms with van der Waals surface area (Å²) in [7, 11) is 0. The predicted molar refractivity (Wildman–Crippen MR) is 49.0 cm³/mol. The van der Waals surface area contributed by atoms with Gasteiger partial charge in [0.1, 0.15) is 5.82 Å². The average molecular weight is 251 g/mol. The van der Waals surface area contributed by atoms with E-state index >= 15 is 0 Å². The highest BCUT2D eigenvalue weighted by atomic mass is 79.9. The summed E-state index contributed by atoms with van der Waals surface area (Å²) in [6, 6.07) is 2.57. The highest BCUT2D eigenvalue weighted by Crippen LogP contribution is 2.24. The first-order valence-electron chi connectivity index (χ1n) is 3.18. The van der Waals surface area contributed by atoms with Crippen LogP contribution in [0.5, 0.6) is 0 Å². The van der Waals surface area contributed by atoms with Gasteiger partial charge in [-0.05, 0) is 52.2 Å². The Morgan fingerprint density at radius 2 is 2.17 bits per heavy atom. The molecule has 64 valence electrons. The summed E-state index contributed by atoms with van der Waals surface area (Å²) in [5.74, 6) is -0.394. The second-order valence-electron chi connectivity index (χ2n) is 2.31. The first-order chi connectivity index (χ1) is 5.54. The first-order valence-corrected chi connectivity index (χ1v) is 4.35. The van der Waals surface area contributed by atoms with E-state index in [1.165, 1.54) is 12.1 Å². The molecule has 0 amide bonds. The van der Waals surface area contributed by atoms with Gasteiger partial charge in [-0.3, -0.25) is 4.79 Å². The number of benzene rings is 1. The van der Waals surface area contributed by atoms with Gasteiger partial charge in [-0.25, -0.2) is 4.39 Å². The Labute approximate surface area is 82.7 Å². The Bertz CT molecular complexity index is 338. The maximum Gasteiger partial charge on any atom is 0.252 e. The second kappa shape index (κ2) is 3.54. The summed E-state index contributed by atoms with van der Waals surface area (Å²) in [6.07, 6.45) is 0. The number of carbonyl (C=O) groups excluding carboxylic acids is 1. The van der Waals surface area contributed by atoms with Crippen molar-refractivity contribution in [2.24, 2.45) is 0 Å². The third kappa shape index (κ3) is 1.67. The van der Waals surface area contributed by atoms with Gasteiger partial charge in [0.15, 0.2) is 0 Å². The molecule has 12 heavy (non-hydrogen) atoms. The molecule has 0 radical (unpaired) electrons. The maximum atomic E-state index is 12.8. The molecule has 0 aliphatic rings. The molecule has 0 saturated carbocycles. The fraction of sp³-hybridized carbons (Fsp3) is 0.125. The molecular formula is C8H5BrClFO. The van der Waals surface area contributed by atoms with Crippen molar-refractivity contribution in [2.75, 3.05) is 0 Å². The molecule has 1 aromatic rings. The largest absolute Gasteiger partial charge is 0.276 e. The zero-order valence-electron chi connectivity index (χ0n) is 6.20. The van der Waals surface area contributed by atoms with Crippen molar-refractivity contribution in [2.45, 2.75) is 6.92 Å². The van der Waals surface area contributed by atoms with E-state index in [0.29, 0.717) is 11.1 Å². The minimum atomic E-state index is -0.576. The molecular weight excluding hydrogens is 246 g/mol. The summed E-state index contributed by atoms with van der Waals surface area (Å²) in [5.41, 5.74) is 0.847. The first kappa shape index (κ1) is 9.68. The van der Waals surface area contributed by atoms with Crippen molar-refractivity contribution in [3.63, 3.8) is 0 Å². The van der Waals surface area contributed by atoms with Gasteiger partial charge in [0.25, 0.3) is 5.24 Å². The lowest BCUT2D eigenvalue weighted by Crippen LogP contribution is -1.95. The van der Waals surface area contributed by atoms with Crippen LogP contribution in [-0.2, 0) is 0 Å². The molecule has 1 nitrogen and oxygen atoms in total. The third-order valence-electron chi connectivity index (χ3n) is 1.55. The number of carbonyl (C=O) groups is 1. The monoisotopic (exact) mass is 250 g/mol. The maximum absolute atomic E-state index is 12.8. The van der Waals surface area contributed by atoms with E-state index in [-0.39, 0.29) is 4.47 Å². The van der Waals surface area contributed by atoms with Crippen molar-refractivity contribution in [1.82, 2.24) is 0 Å². The van der Waals surface area contributed by atoms with E-state index in [1.807, 2.05) is 0 Å². The van der Waals surface area contributed by atoms with Gasteiger partial charge in [-0.2, -0.15) is 0 Å². The van der Waals surface area contributed by atoms with E-state index in [1.54, 1.807) is 6.92 Å². The molecule has 0 bridgehead atoms. The third-order valence-corrected chi connectivity index (χ3v) is 2.73. The van der Waals surface area contributed by atoms with Crippen molar-refractivity contribution in [3.05, 3.63) is 33.5 Å². The molecule has 0 unspecified atom stereocenters. The van der Waals surface area contributed by atoms with Crippen molar-refractivity contribution >= 4 is 32.8 Å². The SMILES string of the molecule is Cc1c(C(=O)Cl)ccc(F)c1Br. The van der Waals surface area contributed by atoms with Crippen LogP contribution in [0, 0.1) is 12.7 Å². The summed E-state index contributed by atoms with van der Waals surface area (Å²) in [6.45, 7) is 1.63. The molecule has 4 heteroatoms. The van der Waals surface area contributed by atoms with Gasteiger partial charge in [-0.1, -0.05) is 0 Å². The molecule has 0 spiro atoms. The van der Waals surface area contributed by atoms with Crippen molar-refractivity contribution < 1.29 is 9.18 Å². The lowest BCUT2D eigenvalue weighted by atomic mass is 10.1. The Morgan fingerprint density at radius 3 is 2.67 bits per heavy atom. The average Bonchev–Trinajstić information content (AvgIpc) is 2.00. The van der Waals surface area contributed by atoms with E-state index in [0.717, 1.165) is 0 Å². The van der Waals surface area contributed by atoms with Crippen molar-refractivity contribution in [3.8, 4) is 0 Å². The molecule has 0 N–H and O–H groups in total.